The van der Waals surface area contributed by atoms with Gasteiger partial charge in [-0.25, -0.2) is 18.5 Å². The summed E-state index contributed by atoms with van der Waals surface area (Å²) < 4.78 is 23.9. The number of nitrogens with one attached hydrogen (secondary N) is 2. The molecule has 4 N–H and O–H groups in total. The normalized spacial score (nSPS) is 11.7. The van der Waals surface area contributed by atoms with Gasteiger partial charge in [0, 0.05) is 23.2 Å². The standard InChI is InChI=1S/C20H20N6O2S/c1-12-17(15-9-6-10-16(18(15)23-12)29(21,27)28)20-24-19(13(2)25-26-20)22-11-14-7-4-3-5-8-14/h3-10,23H,11H2,1-2H3,(H2,21,27,28)(H,22,24,26). The summed E-state index contributed by atoms with van der Waals surface area (Å²) in [7, 11) is -3.87. The highest BCUT2D eigenvalue weighted by atomic mass is 32.2. The maximum Gasteiger partial charge on any atom is 0.240 e. The summed E-state index contributed by atoms with van der Waals surface area (Å²) in [6.07, 6.45) is 0. The average molecular weight is 408 g/mol. The number of rotatable bonds is 5. The molecule has 4 rings (SSSR count). The van der Waals surface area contributed by atoms with Crippen LogP contribution >= 0.6 is 0 Å². The van der Waals surface area contributed by atoms with E-state index in [1.165, 1.54) is 6.07 Å². The molecule has 2 aromatic heterocycles. The van der Waals surface area contributed by atoms with Crippen molar-refractivity contribution in [1.29, 1.82) is 0 Å². The van der Waals surface area contributed by atoms with Crippen LogP contribution in [0.2, 0.25) is 0 Å². The molecule has 8 nitrogen and oxygen atoms in total. The van der Waals surface area contributed by atoms with E-state index in [9.17, 15) is 8.42 Å². The van der Waals surface area contributed by atoms with Gasteiger partial charge in [0.25, 0.3) is 0 Å². The average Bonchev–Trinajstić information content (AvgIpc) is 3.03. The molecule has 0 saturated carbocycles. The molecule has 0 radical (unpaired) electrons. The first kappa shape index (κ1) is 19.0. The minimum absolute atomic E-state index is 0.0341. The van der Waals surface area contributed by atoms with E-state index in [4.69, 9.17) is 5.14 Å². The van der Waals surface area contributed by atoms with Crippen LogP contribution in [0.4, 0.5) is 5.82 Å². The fourth-order valence-corrected chi connectivity index (χ4v) is 3.99. The number of primary sulfonamides is 1. The van der Waals surface area contributed by atoms with E-state index in [2.05, 4.69) is 25.5 Å². The highest BCUT2D eigenvalue weighted by molar-refractivity contribution is 7.89. The molecule has 0 fully saturated rings. The molecule has 148 valence electrons. The molecule has 0 spiro atoms. The first-order valence-electron chi connectivity index (χ1n) is 8.98. The second-order valence-electron chi connectivity index (χ2n) is 6.76. The van der Waals surface area contributed by atoms with Gasteiger partial charge in [-0.15, -0.1) is 10.2 Å². The highest BCUT2D eigenvalue weighted by Gasteiger charge is 2.20. The van der Waals surface area contributed by atoms with Gasteiger partial charge in [-0.05, 0) is 25.5 Å². The van der Waals surface area contributed by atoms with Crippen LogP contribution < -0.4 is 10.5 Å². The van der Waals surface area contributed by atoms with Gasteiger partial charge >= 0.3 is 0 Å². The van der Waals surface area contributed by atoms with E-state index in [1.807, 2.05) is 50.2 Å². The second kappa shape index (κ2) is 7.26. The number of sulfonamides is 1. The molecule has 0 atom stereocenters. The van der Waals surface area contributed by atoms with Crippen molar-refractivity contribution in [1.82, 2.24) is 20.2 Å². The predicted molar refractivity (Wildman–Crippen MR) is 112 cm³/mol. The lowest BCUT2D eigenvalue weighted by atomic mass is 10.1. The molecule has 0 amide bonds. The van der Waals surface area contributed by atoms with Crippen LogP contribution in [0.1, 0.15) is 17.0 Å². The fourth-order valence-electron chi connectivity index (χ4n) is 3.28. The number of aromatic amines is 1. The number of nitrogens with two attached hydrogens (primary N) is 1. The predicted octanol–water partition coefficient (Wildman–Crippen LogP) is 2.90. The number of aromatic nitrogens is 4. The Morgan fingerprint density at radius 1 is 1.03 bits per heavy atom. The number of para-hydroxylation sites is 1. The molecule has 0 bridgehead atoms. The van der Waals surface area contributed by atoms with Crippen LogP contribution in [0.3, 0.4) is 0 Å². The summed E-state index contributed by atoms with van der Waals surface area (Å²) in [4.78, 5) is 7.79. The molecule has 0 unspecified atom stereocenters. The number of aryl methyl sites for hydroxylation is 2. The third-order valence-electron chi connectivity index (χ3n) is 4.67. The van der Waals surface area contributed by atoms with Gasteiger partial charge in [0.05, 0.1) is 5.52 Å². The summed E-state index contributed by atoms with van der Waals surface area (Å²) in [5, 5.41) is 17.8. The number of fused-ring (bicyclic) bond motifs is 1. The molecule has 9 heteroatoms. The molecular formula is C20H20N6O2S. The molecule has 29 heavy (non-hydrogen) atoms. The van der Waals surface area contributed by atoms with Crippen LogP contribution in [-0.4, -0.2) is 28.6 Å². The van der Waals surface area contributed by atoms with Gasteiger partial charge in [0.2, 0.25) is 10.0 Å². The van der Waals surface area contributed by atoms with Crippen molar-refractivity contribution in [2.45, 2.75) is 25.3 Å². The van der Waals surface area contributed by atoms with Crippen molar-refractivity contribution in [2.24, 2.45) is 5.14 Å². The Kier molecular flexibility index (Phi) is 4.77. The van der Waals surface area contributed by atoms with Gasteiger partial charge in [-0.1, -0.05) is 42.5 Å². The van der Waals surface area contributed by atoms with E-state index in [1.54, 1.807) is 6.07 Å². The van der Waals surface area contributed by atoms with Crippen molar-refractivity contribution >= 4 is 26.7 Å². The first-order chi connectivity index (χ1) is 13.8. The molecule has 0 aliphatic heterocycles. The van der Waals surface area contributed by atoms with Crippen LogP contribution in [0.25, 0.3) is 22.3 Å². The summed E-state index contributed by atoms with van der Waals surface area (Å²) in [6.45, 7) is 4.27. The monoisotopic (exact) mass is 408 g/mol. The molecular weight excluding hydrogens is 388 g/mol. The van der Waals surface area contributed by atoms with E-state index in [0.717, 1.165) is 11.3 Å². The van der Waals surface area contributed by atoms with Crippen molar-refractivity contribution in [3.05, 3.63) is 65.5 Å². The number of anilines is 1. The summed E-state index contributed by atoms with van der Waals surface area (Å²) in [5.41, 5.74) is 3.66. The Hall–Kier alpha value is -3.30. The number of benzene rings is 2. The lowest BCUT2D eigenvalue weighted by Gasteiger charge is -2.09. The number of hydrogen-bond donors (Lipinski definition) is 3. The number of hydrogen-bond acceptors (Lipinski definition) is 6. The molecule has 0 aliphatic rings. The van der Waals surface area contributed by atoms with E-state index in [-0.39, 0.29) is 4.90 Å². The Labute approximate surface area is 168 Å². The minimum atomic E-state index is -3.87. The van der Waals surface area contributed by atoms with Crippen molar-refractivity contribution < 1.29 is 8.42 Å². The van der Waals surface area contributed by atoms with Gasteiger partial charge < -0.3 is 10.3 Å². The molecule has 2 aromatic carbocycles. The van der Waals surface area contributed by atoms with Gasteiger partial charge in [-0.2, -0.15) is 0 Å². The quantitative estimate of drug-likeness (QED) is 0.466. The first-order valence-corrected chi connectivity index (χ1v) is 10.5. The zero-order valence-corrected chi connectivity index (χ0v) is 16.8. The zero-order chi connectivity index (χ0) is 20.6. The van der Waals surface area contributed by atoms with Crippen molar-refractivity contribution in [2.75, 3.05) is 5.32 Å². The molecule has 4 aromatic rings. The summed E-state index contributed by atoms with van der Waals surface area (Å²) >= 11 is 0. The van der Waals surface area contributed by atoms with Crippen molar-refractivity contribution in [3.63, 3.8) is 0 Å². The molecule has 0 aliphatic carbocycles. The molecule has 0 saturated heterocycles. The number of H-pyrrole nitrogens is 1. The van der Waals surface area contributed by atoms with Gasteiger partial charge in [0.1, 0.15) is 10.6 Å². The Balaban J connectivity index is 1.77. The van der Waals surface area contributed by atoms with Gasteiger partial charge in [0.15, 0.2) is 11.6 Å². The second-order valence-corrected chi connectivity index (χ2v) is 8.29. The van der Waals surface area contributed by atoms with Crippen LogP contribution in [0.5, 0.6) is 0 Å². The Morgan fingerprint density at radius 2 is 1.79 bits per heavy atom. The Morgan fingerprint density at radius 3 is 2.52 bits per heavy atom. The van der Waals surface area contributed by atoms with Gasteiger partial charge in [-0.3, -0.25) is 0 Å². The summed E-state index contributed by atoms with van der Waals surface area (Å²) in [6, 6.07) is 14.9. The highest BCUT2D eigenvalue weighted by Crippen LogP contribution is 2.33. The van der Waals surface area contributed by atoms with Crippen LogP contribution in [0, 0.1) is 13.8 Å². The maximum atomic E-state index is 11.9. The van der Waals surface area contributed by atoms with E-state index < -0.39 is 10.0 Å². The maximum absolute atomic E-state index is 11.9. The lowest BCUT2D eigenvalue weighted by molar-refractivity contribution is 0.598. The smallest absolute Gasteiger partial charge is 0.240 e. The molecule has 2 heterocycles. The number of nitrogens with zero attached hydrogens (tertiary/aromatic N) is 3. The van der Waals surface area contributed by atoms with Crippen LogP contribution in [-0.2, 0) is 16.6 Å². The SMILES string of the molecule is Cc1nnc(-c2c(C)[nH]c3c(S(N)(=O)=O)cccc23)nc1NCc1ccccc1. The van der Waals surface area contributed by atoms with Crippen LogP contribution in [0.15, 0.2) is 53.4 Å². The van der Waals surface area contributed by atoms with E-state index in [0.29, 0.717) is 40.3 Å². The summed E-state index contributed by atoms with van der Waals surface area (Å²) in [5.74, 6) is 1.02. The Bertz CT molecular complexity index is 1300. The lowest BCUT2D eigenvalue weighted by Crippen LogP contribution is -2.12. The third kappa shape index (κ3) is 3.69. The largest absolute Gasteiger partial charge is 0.364 e. The van der Waals surface area contributed by atoms with E-state index >= 15 is 0 Å². The third-order valence-corrected chi connectivity index (χ3v) is 5.62. The topological polar surface area (TPSA) is 127 Å². The minimum Gasteiger partial charge on any atom is -0.364 e. The zero-order valence-electron chi connectivity index (χ0n) is 16.0. The fraction of sp³-hybridized carbons (Fsp3) is 0.150. The van der Waals surface area contributed by atoms with Crippen molar-refractivity contribution in [3.8, 4) is 11.4 Å².